The number of thiophene rings is 1. The van der Waals surface area contributed by atoms with Crippen molar-refractivity contribution in [1.82, 2.24) is 14.9 Å². The first-order valence-electron chi connectivity index (χ1n) is 7.65. The molecular weight excluding hydrogens is 322 g/mol. The Morgan fingerprint density at radius 3 is 2.68 bits per heavy atom. The Labute approximate surface area is 134 Å². The number of sulfonamides is 1. The minimum Gasteiger partial charge on any atom is -0.351 e. The molecule has 1 aromatic heterocycles. The molecule has 0 unspecified atom stereocenters. The fourth-order valence-electron chi connectivity index (χ4n) is 2.72. The van der Waals surface area contributed by atoms with E-state index in [-0.39, 0.29) is 10.8 Å². The third-order valence-corrected chi connectivity index (χ3v) is 7.17. The standard InChI is InChI=1S/C14H21N3O3S2/c18-14(16-10-11-8-15-9-11)13-12(4-7-21-13)22(19,20)17-5-2-1-3-6-17/h4,7,11,15H,1-3,5-6,8-10H2,(H,16,18). The molecule has 2 saturated heterocycles. The molecule has 122 valence electrons. The second kappa shape index (κ2) is 6.66. The van der Waals surface area contributed by atoms with Gasteiger partial charge in [-0.3, -0.25) is 4.79 Å². The smallest absolute Gasteiger partial charge is 0.262 e. The lowest BCUT2D eigenvalue weighted by Crippen LogP contribution is -2.48. The predicted molar refractivity (Wildman–Crippen MR) is 85.6 cm³/mol. The maximum atomic E-state index is 12.7. The number of nitrogens with one attached hydrogen (secondary N) is 2. The molecule has 2 aliphatic rings. The predicted octanol–water partition coefficient (Wildman–Crippen LogP) is 0.872. The van der Waals surface area contributed by atoms with Gasteiger partial charge in [-0.15, -0.1) is 11.3 Å². The van der Waals surface area contributed by atoms with Crippen molar-refractivity contribution < 1.29 is 13.2 Å². The van der Waals surface area contributed by atoms with E-state index in [1.807, 2.05) is 0 Å². The number of hydrogen-bond donors (Lipinski definition) is 2. The van der Waals surface area contributed by atoms with Crippen LogP contribution >= 0.6 is 11.3 Å². The number of hydrogen-bond acceptors (Lipinski definition) is 5. The van der Waals surface area contributed by atoms with E-state index in [0.717, 1.165) is 32.4 Å². The van der Waals surface area contributed by atoms with Gasteiger partial charge in [-0.2, -0.15) is 4.31 Å². The van der Waals surface area contributed by atoms with Gasteiger partial charge in [0.1, 0.15) is 9.77 Å². The van der Waals surface area contributed by atoms with Gasteiger partial charge in [-0.1, -0.05) is 6.42 Å². The van der Waals surface area contributed by atoms with Gasteiger partial charge in [-0.05, 0) is 24.3 Å². The summed E-state index contributed by atoms with van der Waals surface area (Å²) in [7, 11) is -3.55. The molecule has 2 aliphatic heterocycles. The molecule has 1 aromatic rings. The van der Waals surface area contributed by atoms with Gasteiger partial charge in [0.25, 0.3) is 5.91 Å². The summed E-state index contributed by atoms with van der Waals surface area (Å²) in [6, 6.07) is 1.55. The van der Waals surface area contributed by atoms with E-state index in [1.54, 1.807) is 11.4 Å². The van der Waals surface area contributed by atoms with Gasteiger partial charge in [0.05, 0.1) is 0 Å². The molecule has 3 heterocycles. The van der Waals surface area contributed by atoms with Crippen molar-refractivity contribution in [3.05, 3.63) is 16.3 Å². The Morgan fingerprint density at radius 2 is 2.05 bits per heavy atom. The summed E-state index contributed by atoms with van der Waals surface area (Å²) in [5.74, 6) is 0.170. The number of piperidine rings is 1. The molecule has 0 atom stereocenters. The quantitative estimate of drug-likeness (QED) is 0.832. The van der Waals surface area contributed by atoms with Gasteiger partial charge in [0.2, 0.25) is 10.0 Å². The van der Waals surface area contributed by atoms with Gasteiger partial charge >= 0.3 is 0 Å². The average molecular weight is 343 g/mol. The molecule has 0 spiro atoms. The topological polar surface area (TPSA) is 78.5 Å². The van der Waals surface area contributed by atoms with Crippen molar-refractivity contribution in [2.24, 2.45) is 5.92 Å². The Morgan fingerprint density at radius 1 is 1.32 bits per heavy atom. The van der Waals surface area contributed by atoms with Crippen LogP contribution in [0.2, 0.25) is 0 Å². The minimum absolute atomic E-state index is 0.156. The zero-order valence-electron chi connectivity index (χ0n) is 12.4. The molecule has 0 saturated carbocycles. The second-order valence-electron chi connectivity index (χ2n) is 5.81. The number of amides is 1. The van der Waals surface area contributed by atoms with E-state index in [9.17, 15) is 13.2 Å². The molecule has 0 aromatic carbocycles. The van der Waals surface area contributed by atoms with E-state index in [4.69, 9.17) is 0 Å². The van der Waals surface area contributed by atoms with Crippen LogP contribution in [0.3, 0.4) is 0 Å². The van der Waals surface area contributed by atoms with Gasteiger partial charge in [0, 0.05) is 38.6 Å². The third kappa shape index (κ3) is 3.19. The van der Waals surface area contributed by atoms with Crippen LogP contribution in [-0.4, -0.2) is 51.4 Å². The first-order valence-corrected chi connectivity index (χ1v) is 9.97. The highest BCUT2D eigenvalue weighted by atomic mass is 32.2. The summed E-state index contributed by atoms with van der Waals surface area (Å²) in [6.07, 6.45) is 2.84. The Hall–Kier alpha value is -0.960. The van der Waals surface area contributed by atoms with Crippen molar-refractivity contribution >= 4 is 27.3 Å². The normalized spacial score (nSPS) is 20.5. The molecule has 2 N–H and O–H groups in total. The molecule has 6 nitrogen and oxygen atoms in total. The Kier molecular flexibility index (Phi) is 4.82. The van der Waals surface area contributed by atoms with Crippen molar-refractivity contribution in [2.45, 2.75) is 24.2 Å². The maximum absolute atomic E-state index is 12.7. The number of nitrogens with zero attached hydrogens (tertiary/aromatic N) is 1. The first kappa shape index (κ1) is 15.9. The molecular formula is C14H21N3O3S2. The SMILES string of the molecule is O=C(NCC1CNC1)c1sccc1S(=O)(=O)N1CCCCC1. The van der Waals surface area contributed by atoms with Gasteiger partial charge in [-0.25, -0.2) is 8.42 Å². The maximum Gasteiger partial charge on any atom is 0.262 e. The Bertz CT molecular complexity index is 632. The number of rotatable bonds is 5. The molecule has 1 amide bonds. The summed E-state index contributed by atoms with van der Waals surface area (Å²) in [5, 5.41) is 7.68. The van der Waals surface area contributed by atoms with Crippen LogP contribution in [0.15, 0.2) is 16.3 Å². The van der Waals surface area contributed by atoms with E-state index in [0.29, 0.717) is 30.4 Å². The van der Waals surface area contributed by atoms with Gasteiger partial charge < -0.3 is 10.6 Å². The van der Waals surface area contributed by atoms with Crippen molar-refractivity contribution in [3.63, 3.8) is 0 Å². The van der Waals surface area contributed by atoms with E-state index in [2.05, 4.69) is 10.6 Å². The average Bonchev–Trinajstić information content (AvgIpc) is 2.96. The van der Waals surface area contributed by atoms with Crippen LogP contribution in [0.25, 0.3) is 0 Å². The molecule has 22 heavy (non-hydrogen) atoms. The molecule has 3 rings (SSSR count). The number of carbonyl (C=O) groups is 1. The van der Waals surface area contributed by atoms with Crippen molar-refractivity contribution in [2.75, 3.05) is 32.7 Å². The van der Waals surface area contributed by atoms with Crippen LogP contribution in [0.4, 0.5) is 0 Å². The minimum atomic E-state index is -3.55. The van der Waals surface area contributed by atoms with Crippen LogP contribution in [0.1, 0.15) is 28.9 Å². The van der Waals surface area contributed by atoms with Crippen LogP contribution in [0, 0.1) is 5.92 Å². The summed E-state index contributed by atoms with van der Waals surface area (Å²) in [4.78, 5) is 12.8. The van der Waals surface area contributed by atoms with Crippen LogP contribution in [-0.2, 0) is 10.0 Å². The van der Waals surface area contributed by atoms with Gasteiger partial charge in [0.15, 0.2) is 0 Å². The van der Waals surface area contributed by atoms with E-state index < -0.39 is 10.0 Å². The zero-order chi connectivity index (χ0) is 15.6. The second-order valence-corrected chi connectivity index (χ2v) is 8.64. The van der Waals surface area contributed by atoms with E-state index >= 15 is 0 Å². The molecule has 8 heteroatoms. The lowest BCUT2D eigenvalue weighted by Gasteiger charge is -2.27. The molecule has 0 radical (unpaired) electrons. The fraction of sp³-hybridized carbons (Fsp3) is 0.643. The Balaban J connectivity index is 1.73. The lowest BCUT2D eigenvalue weighted by atomic mass is 10.0. The highest BCUT2D eigenvalue weighted by molar-refractivity contribution is 7.89. The molecule has 2 fully saturated rings. The van der Waals surface area contributed by atoms with E-state index in [1.165, 1.54) is 15.6 Å². The highest BCUT2D eigenvalue weighted by Gasteiger charge is 2.31. The lowest BCUT2D eigenvalue weighted by molar-refractivity contribution is 0.0943. The van der Waals surface area contributed by atoms with Crippen LogP contribution in [0.5, 0.6) is 0 Å². The summed E-state index contributed by atoms with van der Waals surface area (Å²) < 4.78 is 26.9. The monoisotopic (exact) mass is 343 g/mol. The third-order valence-electron chi connectivity index (χ3n) is 4.19. The number of carbonyl (C=O) groups excluding carboxylic acids is 1. The summed E-state index contributed by atoms with van der Waals surface area (Å²) in [6.45, 7) is 3.50. The van der Waals surface area contributed by atoms with Crippen molar-refractivity contribution in [3.8, 4) is 0 Å². The largest absolute Gasteiger partial charge is 0.351 e. The summed E-state index contributed by atoms with van der Waals surface area (Å²) >= 11 is 1.19. The fourth-order valence-corrected chi connectivity index (χ4v) is 5.55. The molecule has 0 bridgehead atoms. The van der Waals surface area contributed by atoms with Crippen molar-refractivity contribution in [1.29, 1.82) is 0 Å². The zero-order valence-corrected chi connectivity index (χ0v) is 14.0. The summed E-state index contributed by atoms with van der Waals surface area (Å²) in [5.41, 5.74) is 0. The highest BCUT2D eigenvalue weighted by Crippen LogP contribution is 2.27. The van der Waals surface area contributed by atoms with Crippen LogP contribution < -0.4 is 10.6 Å². The molecule has 0 aliphatic carbocycles. The first-order chi connectivity index (χ1) is 10.6.